The van der Waals surface area contributed by atoms with Crippen molar-refractivity contribution in [1.29, 1.82) is 0 Å². The van der Waals surface area contributed by atoms with Crippen molar-refractivity contribution in [1.82, 2.24) is 5.32 Å². The van der Waals surface area contributed by atoms with Crippen LogP contribution in [0.25, 0.3) is 0 Å². The highest BCUT2D eigenvalue weighted by Crippen LogP contribution is 2.35. The van der Waals surface area contributed by atoms with E-state index in [1.165, 1.54) is 45.1 Å². The van der Waals surface area contributed by atoms with Crippen LogP contribution >= 0.6 is 0 Å². The van der Waals surface area contributed by atoms with Gasteiger partial charge < -0.3 is 5.32 Å². The van der Waals surface area contributed by atoms with Crippen LogP contribution in [0.5, 0.6) is 0 Å². The predicted molar refractivity (Wildman–Crippen MR) is 81.8 cm³/mol. The maximum Gasteiger partial charge on any atom is 0.00901 e. The fourth-order valence-corrected chi connectivity index (χ4v) is 3.34. The van der Waals surface area contributed by atoms with Gasteiger partial charge in [-0.15, -0.1) is 0 Å². The fraction of sp³-hybridized carbons (Fsp3) is 1.00. The first-order valence-electron chi connectivity index (χ1n) is 8.27. The molecule has 0 spiro atoms. The fourth-order valence-electron chi connectivity index (χ4n) is 3.34. The van der Waals surface area contributed by atoms with Gasteiger partial charge >= 0.3 is 0 Å². The maximum atomic E-state index is 3.73. The zero-order chi connectivity index (χ0) is 13.5. The molecule has 1 nitrogen and oxygen atoms in total. The molecular weight excluding hydrogens is 218 g/mol. The van der Waals surface area contributed by atoms with Crippen LogP contribution < -0.4 is 5.32 Å². The van der Waals surface area contributed by atoms with E-state index in [1.54, 1.807) is 0 Å². The second-order valence-electron chi connectivity index (χ2n) is 7.02. The van der Waals surface area contributed by atoms with E-state index in [0.29, 0.717) is 0 Å². The Morgan fingerprint density at radius 1 is 1.11 bits per heavy atom. The minimum absolute atomic E-state index is 0.736. The molecule has 0 heterocycles. The molecule has 4 atom stereocenters. The summed E-state index contributed by atoms with van der Waals surface area (Å²) in [5.74, 6) is 3.68. The topological polar surface area (TPSA) is 12.0 Å². The average molecular weight is 253 g/mol. The van der Waals surface area contributed by atoms with Crippen LogP contribution in [-0.2, 0) is 0 Å². The van der Waals surface area contributed by atoms with Crippen LogP contribution in [0.2, 0.25) is 0 Å². The molecule has 108 valence electrons. The lowest BCUT2D eigenvalue weighted by molar-refractivity contribution is 0.190. The summed E-state index contributed by atoms with van der Waals surface area (Å²) in [6, 6.07) is 0.736. The molecule has 18 heavy (non-hydrogen) atoms. The van der Waals surface area contributed by atoms with Gasteiger partial charge in [0.05, 0.1) is 0 Å². The van der Waals surface area contributed by atoms with E-state index in [0.717, 1.165) is 29.7 Å². The van der Waals surface area contributed by atoms with E-state index in [4.69, 9.17) is 0 Å². The molecule has 0 bridgehead atoms. The van der Waals surface area contributed by atoms with Crippen molar-refractivity contribution in [2.75, 3.05) is 6.54 Å². The smallest absolute Gasteiger partial charge is 0.00901 e. The second kappa shape index (κ2) is 8.19. The van der Waals surface area contributed by atoms with Crippen LogP contribution in [0.1, 0.15) is 73.1 Å². The van der Waals surface area contributed by atoms with Crippen LogP contribution in [0.4, 0.5) is 0 Å². The largest absolute Gasteiger partial charge is 0.314 e. The van der Waals surface area contributed by atoms with Crippen molar-refractivity contribution < 1.29 is 0 Å². The normalized spacial score (nSPS) is 30.7. The number of hydrogen-bond donors (Lipinski definition) is 1. The Bertz CT molecular complexity index is 212. The van der Waals surface area contributed by atoms with Crippen molar-refractivity contribution >= 4 is 0 Å². The van der Waals surface area contributed by atoms with Gasteiger partial charge in [0.25, 0.3) is 0 Å². The first kappa shape index (κ1) is 16.0. The molecule has 0 saturated heterocycles. The predicted octanol–water partition coefficient (Wildman–Crippen LogP) is 4.86. The van der Waals surface area contributed by atoms with E-state index in [9.17, 15) is 0 Å². The highest BCUT2D eigenvalue weighted by Gasteiger charge is 2.25. The third-order valence-corrected chi connectivity index (χ3v) is 5.05. The first-order valence-corrected chi connectivity index (χ1v) is 8.27. The molecule has 1 fully saturated rings. The van der Waals surface area contributed by atoms with Gasteiger partial charge in [0.1, 0.15) is 0 Å². The summed E-state index contributed by atoms with van der Waals surface area (Å²) in [5.41, 5.74) is 0. The summed E-state index contributed by atoms with van der Waals surface area (Å²) in [7, 11) is 0. The van der Waals surface area contributed by atoms with Crippen LogP contribution in [0.3, 0.4) is 0 Å². The van der Waals surface area contributed by atoms with E-state index < -0.39 is 0 Å². The molecule has 1 N–H and O–H groups in total. The SMILES string of the molecule is CCCNC(CCC1CCC(C)C(C)C1)C(C)C. The second-order valence-corrected chi connectivity index (χ2v) is 7.02. The molecule has 0 amide bonds. The number of nitrogens with one attached hydrogen (secondary N) is 1. The van der Waals surface area contributed by atoms with Gasteiger partial charge in [-0.05, 0) is 55.9 Å². The highest BCUT2D eigenvalue weighted by atomic mass is 14.9. The van der Waals surface area contributed by atoms with Crippen molar-refractivity contribution in [3.05, 3.63) is 0 Å². The molecule has 1 heteroatoms. The van der Waals surface area contributed by atoms with E-state index >= 15 is 0 Å². The average Bonchev–Trinajstić information content (AvgIpc) is 2.33. The summed E-state index contributed by atoms with van der Waals surface area (Å²) in [6.45, 7) is 13.0. The molecule has 0 aromatic rings. The summed E-state index contributed by atoms with van der Waals surface area (Å²) < 4.78 is 0. The molecule has 1 aliphatic carbocycles. The maximum absolute atomic E-state index is 3.73. The lowest BCUT2D eigenvalue weighted by Crippen LogP contribution is -2.35. The summed E-state index contributed by atoms with van der Waals surface area (Å²) >= 11 is 0. The van der Waals surface area contributed by atoms with Crippen LogP contribution in [-0.4, -0.2) is 12.6 Å². The van der Waals surface area contributed by atoms with Gasteiger partial charge in [0, 0.05) is 6.04 Å². The third-order valence-electron chi connectivity index (χ3n) is 5.05. The van der Waals surface area contributed by atoms with E-state index in [1.807, 2.05) is 0 Å². The lowest BCUT2D eigenvalue weighted by atomic mass is 9.74. The molecule has 1 aliphatic rings. The minimum atomic E-state index is 0.736. The number of rotatable bonds is 7. The molecule has 0 radical (unpaired) electrons. The molecule has 0 aliphatic heterocycles. The Morgan fingerprint density at radius 3 is 2.39 bits per heavy atom. The molecule has 1 rings (SSSR count). The summed E-state index contributed by atoms with van der Waals surface area (Å²) in [4.78, 5) is 0. The monoisotopic (exact) mass is 253 g/mol. The van der Waals surface area contributed by atoms with Crippen LogP contribution in [0.15, 0.2) is 0 Å². The zero-order valence-corrected chi connectivity index (χ0v) is 13.3. The highest BCUT2D eigenvalue weighted by molar-refractivity contribution is 4.78. The van der Waals surface area contributed by atoms with Gasteiger partial charge in [-0.2, -0.15) is 0 Å². The molecule has 4 unspecified atom stereocenters. The minimum Gasteiger partial charge on any atom is -0.314 e. The lowest BCUT2D eigenvalue weighted by Gasteiger charge is -2.33. The van der Waals surface area contributed by atoms with Crippen molar-refractivity contribution in [2.24, 2.45) is 23.7 Å². The standard InChI is InChI=1S/C17H35N/c1-6-11-18-17(13(2)3)10-9-16-8-7-14(4)15(5)12-16/h13-18H,6-12H2,1-5H3. The Morgan fingerprint density at radius 2 is 1.83 bits per heavy atom. The van der Waals surface area contributed by atoms with Crippen molar-refractivity contribution in [3.63, 3.8) is 0 Å². The molecule has 0 aromatic heterocycles. The number of hydrogen-bond acceptors (Lipinski definition) is 1. The quantitative estimate of drug-likeness (QED) is 0.683. The summed E-state index contributed by atoms with van der Waals surface area (Å²) in [5, 5.41) is 3.73. The zero-order valence-electron chi connectivity index (χ0n) is 13.3. The van der Waals surface area contributed by atoms with Gasteiger partial charge in [-0.1, -0.05) is 47.5 Å². The third kappa shape index (κ3) is 5.30. The molecule has 1 saturated carbocycles. The van der Waals surface area contributed by atoms with Gasteiger partial charge in [0.15, 0.2) is 0 Å². The van der Waals surface area contributed by atoms with E-state index in [-0.39, 0.29) is 0 Å². The summed E-state index contributed by atoms with van der Waals surface area (Å²) in [6.07, 6.45) is 8.48. The van der Waals surface area contributed by atoms with Crippen molar-refractivity contribution in [3.8, 4) is 0 Å². The van der Waals surface area contributed by atoms with E-state index in [2.05, 4.69) is 39.9 Å². The van der Waals surface area contributed by atoms with Crippen LogP contribution in [0, 0.1) is 23.7 Å². The Balaban J connectivity index is 2.29. The first-order chi connectivity index (χ1) is 8.54. The Hall–Kier alpha value is -0.0400. The molecular formula is C17H35N. The Labute approximate surface area is 115 Å². The molecule has 0 aromatic carbocycles. The van der Waals surface area contributed by atoms with Crippen molar-refractivity contribution in [2.45, 2.75) is 79.2 Å². The van der Waals surface area contributed by atoms with Gasteiger partial charge in [-0.25, -0.2) is 0 Å². The van der Waals surface area contributed by atoms with Gasteiger partial charge in [-0.3, -0.25) is 0 Å². The van der Waals surface area contributed by atoms with Gasteiger partial charge in [0.2, 0.25) is 0 Å². The Kier molecular flexibility index (Phi) is 7.29.